The van der Waals surface area contributed by atoms with Crippen molar-refractivity contribution in [2.75, 3.05) is 0 Å². The van der Waals surface area contributed by atoms with Gasteiger partial charge in [0.2, 0.25) is 6.08 Å². The summed E-state index contributed by atoms with van der Waals surface area (Å²) in [5.41, 5.74) is -0.695. The predicted molar refractivity (Wildman–Crippen MR) is 45.3 cm³/mol. The van der Waals surface area contributed by atoms with Gasteiger partial charge < -0.3 is 0 Å². The smallest absolute Gasteiger partial charge is 0.211 e. The molecule has 1 aliphatic rings. The van der Waals surface area contributed by atoms with Gasteiger partial charge in [-0.3, -0.25) is 0 Å². The molecular formula is C10H6F3NO. The van der Waals surface area contributed by atoms with Crippen LogP contribution in [0.15, 0.2) is 17.1 Å². The van der Waals surface area contributed by atoms with Gasteiger partial charge in [0.05, 0.1) is 5.54 Å². The molecule has 1 aliphatic carbocycles. The molecule has 0 bridgehead atoms. The summed E-state index contributed by atoms with van der Waals surface area (Å²) in [7, 11) is 0. The molecule has 0 aromatic heterocycles. The summed E-state index contributed by atoms with van der Waals surface area (Å²) in [6.45, 7) is 0. The van der Waals surface area contributed by atoms with Gasteiger partial charge in [0.15, 0.2) is 17.5 Å². The van der Waals surface area contributed by atoms with Crippen LogP contribution in [0.4, 0.5) is 13.2 Å². The minimum atomic E-state index is -1.51. The Hall–Kier alpha value is -1.61. The maximum atomic E-state index is 12.9. The van der Waals surface area contributed by atoms with Gasteiger partial charge in [-0.2, -0.15) is 4.99 Å². The summed E-state index contributed by atoms with van der Waals surface area (Å²) in [4.78, 5) is 13.6. The zero-order valence-electron chi connectivity index (χ0n) is 7.56. The Kier molecular flexibility index (Phi) is 2.12. The molecular weight excluding hydrogens is 207 g/mol. The van der Waals surface area contributed by atoms with E-state index in [2.05, 4.69) is 4.99 Å². The second-order valence-electron chi connectivity index (χ2n) is 3.49. The largest absolute Gasteiger partial charge is 0.235 e. The van der Waals surface area contributed by atoms with Crippen molar-refractivity contribution in [3.63, 3.8) is 0 Å². The maximum absolute atomic E-state index is 12.9. The van der Waals surface area contributed by atoms with Crippen LogP contribution in [0, 0.1) is 17.5 Å². The van der Waals surface area contributed by atoms with Crippen LogP contribution in [-0.4, -0.2) is 6.08 Å². The second kappa shape index (κ2) is 3.21. The van der Waals surface area contributed by atoms with E-state index in [1.54, 1.807) is 0 Å². The molecule has 0 radical (unpaired) electrons. The molecule has 78 valence electrons. The quantitative estimate of drug-likeness (QED) is 0.421. The normalized spacial score (nSPS) is 17.0. The minimum Gasteiger partial charge on any atom is -0.211 e. The zero-order chi connectivity index (χ0) is 11.1. The van der Waals surface area contributed by atoms with Crippen LogP contribution in [0.5, 0.6) is 0 Å². The molecule has 0 N–H and O–H groups in total. The van der Waals surface area contributed by atoms with Crippen LogP contribution < -0.4 is 0 Å². The first-order valence-corrected chi connectivity index (χ1v) is 4.33. The summed E-state index contributed by atoms with van der Waals surface area (Å²) in [6.07, 6.45) is 2.40. The van der Waals surface area contributed by atoms with Gasteiger partial charge in [-0.1, -0.05) is 0 Å². The molecule has 5 heteroatoms. The third kappa shape index (κ3) is 1.55. The molecule has 0 saturated heterocycles. The topological polar surface area (TPSA) is 29.4 Å². The van der Waals surface area contributed by atoms with E-state index in [9.17, 15) is 18.0 Å². The number of halogens is 3. The number of hydrogen-bond acceptors (Lipinski definition) is 2. The van der Waals surface area contributed by atoms with Crippen molar-refractivity contribution in [3.8, 4) is 0 Å². The maximum Gasteiger partial charge on any atom is 0.235 e. The summed E-state index contributed by atoms with van der Waals surface area (Å²) >= 11 is 0. The van der Waals surface area contributed by atoms with E-state index in [4.69, 9.17) is 0 Å². The molecule has 0 unspecified atom stereocenters. The third-order valence-electron chi connectivity index (χ3n) is 2.50. The van der Waals surface area contributed by atoms with Gasteiger partial charge in [0.25, 0.3) is 0 Å². The van der Waals surface area contributed by atoms with E-state index in [1.165, 1.54) is 6.08 Å². The standard InChI is InChI=1S/C10H6F3NO/c11-7-3-6(4-8(12)9(7)13)10(1-2-10)14-5-15/h3-4H,1-2H2. The predicted octanol–water partition coefficient (Wildman–Crippen LogP) is 2.43. The first kappa shape index (κ1) is 9.93. The van der Waals surface area contributed by atoms with Crippen molar-refractivity contribution in [1.82, 2.24) is 0 Å². The summed E-state index contributed by atoms with van der Waals surface area (Å²) in [6, 6.07) is 1.73. The van der Waals surface area contributed by atoms with E-state index in [0.29, 0.717) is 12.8 Å². The Morgan fingerprint density at radius 1 is 1.20 bits per heavy atom. The van der Waals surface area contributed by atoms with Crippen LogP contribution in [0.2, 0.25) is 0 Å². The molecule has 2 nitrogen and oxygen atoms in total. The van der Waals surface area contributed by atoms with Crippen molar-refractivity contribution >= 4 is 6.08 Å². The third-order valence-corrected chi connectivity index (χ3v) is 2.50. The molecule has 0 amide bonds. The number of hydrogen-bond donors (Lipinski definition) is 0. The summed E-state index contributed by atoms with van der Waals surface area (Å²) < 4.78 is 38.4. The molecule has 1 saturated carbocycles. The first-order chi connectivity index (χ1) is 7.09. The van der Waals surface area contributed by atoms with Gasteiger partial charge in [-0.15, -0.1) is 0 Å². The number of benzene rings is 1. The van der Waals surface area contributed by atoms with Gasteiger partial charge in [-0.25, -0.2) is 18.0 Å². The lowest BCUT2D eigenvalue weighted by Crippen LogP contribution is -2.05. The summed E-state index contributed by atoms with van der Waals surface area (Å²) in [5.74, 6) is -4.04. The molecule has 1 aromatic carbocycles. The average Bonchev–Trinajstić information content (AvgIpc) is 2.95. The fourth-order valence-electron chi connectivity index (χ4n) is 1.49. The van der Waals surface area contributed by atoms with E-state index < -0.39 is 23.0 Å². The molecule has 1 fully saturated rings. The highest BCUT2D eigenvalue weighted by molar-refractivity contribution is 5.41. The minimum absolute atomic E-state index is 0.183. The monoisotopic (exact) mass is 213 g/mol. The molecule has 0 aliphatic heterocycles. The number of aliphatic imine (C=N–C) groups is 1. The van der Waals surface area contributed by atoms with E-state index in [-0.39, 0.29) is 5.56 Å². The van der Waals surface area contributed by atoms with Gasteiger partial charge in [-0.05, 0) is 30.5 Å². The second-order valence-corrected chi connectivity index (χ2v) is 3.49. The average molecular weight is 213 g/mol. The number of nitrogens with zero attached hydrogens (tertiary/aromatic N) is 1. The fraction of sp³-hybridized carbons (Fsp3) is 0.300. The van der Waals surface area contributed by atoms with Crippen LogP contribution in [0.25, 0.3) is 0 Å². The number of rotatable bonds is 2. The first-order valence-electron chi connectivity index (χ1n) is 4.33. The Morgan fingerprint density at radius 2 is 1.73 bits per heavy atom. The van der Waals surface area contributed by atoms with Crippen molar-refractivity contribution in [1.29, 1.82) is 0 Å². The van der Waals surface area contributed by atoms with Crippen molar-refractivity contribution in [3.05, 3.63) is 35.1 Å². The Labute approximate surface area is 83.4 Å². The SMILES string of the molecule is O=C=NC1(c2cc(F)c(F)c(F)c2)CC1. The lowest BCUT2D eigenvalue weighted by atomic mass is 10.1. The highest BCUT2D eigenvalue weighted by Crippen LogP contribution is 2.49. The Bertz CT molecular complexity index is 439. The molecule has 15 heavy (non-hydrogen) atoms. The highest BCUT2D eigenvalue weighted by Gasteiger charge is 2.45. The highest BCUT2D eigenvalue weighted by atomic mass is 19.2. The fourth-order valence-corrected chi connectivity index (χ4v) is 1.49. The molecule has 2 rings (SSSR count). The number of isocyanates is 1. The molecule has 1 aromatic rings. The number of carbonyl (C=O) groups excluding carboxylic acids is 1. The molecule has 0 atom stereocenters. The molecule has 0 heterocycles. The van der Waals surface area contributed by atoms with E-state index in [1.807, 2.05) is 0 Å². The van der Waals surface area contributed by atoms with Crippen molar-refractivity contribution in [2.24, 2.45) is 4.99 Å². The van der Waals surface area contributed by atoms with Crippen LogP contribution in [-0.2, 0) is 10.3 Å². The van der Waals surface area contributed by atoms with Crippen LogP contribution in [0.3, 0.4) is 0 Å². The van der Waals surface area contributed by atoms with E-state index >= 15 is 0 Å². The van der Waals surface area contributed by atoms with Crippen LogP contribution >= 0.6 is 0 Å². The van der Waals surface area contributed by atoms with Crippen molar-refractivity contribution < 1.29 is 18.0 Å². The summed E-state index contributed by atoms with van der Waals surface area (Å²) in [5, 5.41) is 0. The lowest BCUT2D eigenvalue weighted by Gasteiger charge is -2.08. The van der Waals surface area contributed by atoms with Gasteiger partial charge >= 0.3 is 0 Å². The Morgan fingerprint density at radius 3 is 2.13 bits per heavy atom. The van der Waals surface area contributed by atoms with E-state index in [0.717, 1.165) is 12.1 Å². The zero-order valence-corrected chi connectivity index (χ0v) is 7.56. The van der Waals surface area contributed by atoms with Gasteiger partial charge in [0, 0.05) is 0 Å². The van der Waals surface area contributed by atoms with Crippen LogP contribution in [0.1, 0.15) is 18.4 Å². The lowest BCUT2D eigenvalue weighted by molar-refractivity contribution is 0.443. The van der Waals surface area contributed by atoms with Gasteiger partial charge in [0.1, 0.15) is 0 Å². The Balaban J connectivity index is 2.51. The van der Waals surface area contributed by atoms with Crippen molar-refractivity contribution in [2.45, 2.75) is 18.4 Å². The molecule has 0 spiro atoms.